The van der Waals surface area contributed by atoms with Crippen LogP contribution in [-0.2, 0) is 6.42 Å². The third-order valence-electron chi connectivity index (χ3n) is 4.85. The van der Waals surface area contributed by atoms with Gasteiger partial charge in [0.05, 0.1) is 20.9 Å². The first-order valence-electron chi connectivity index (χ1n) is 8.77. The summed E-state index contributed by atoms with van der Waals surface area (Å²) < 4.78 is 6.45. The number of carbonyl (C=O) groups excluding carboxylic acids is 1. The lowest BCUT2D eigenvalue weighted by Crippen LogP contribution is -2.39. The van der Waals surface area contributed by atoms with E-state index in [9.17, 15) is 4.79 Å². The molecular formula is C19H21N3O2S. The second kappa shape index (κ2) is 6.59. The van der Waals surface area contributed by atoms with E-state index in [1.54, 1.807) is 11.3 Å². The predicted molar refractivity (Wildman–Crippen MR) is 98.1 cm³/mol. The third kappa shape index (κ3) is 2.95. The van der Waals surface area contributed by atoms with Gasteiger partial charge in [0, 0.05) is 19.0 Å². The molecule has 0 N–H and O–H groups in total. The molecule has 1 saturated heterocycles. The van der Waals surface area contributed by atoms with Gasteiger partial charge in [0.15, 0.2) is 0 Å². The molecular weight excluding hydrogens is 334 g/mol. The number of rotatable bonds is 3. The summed E-state index contributed by atoms with van der Waals surface area (Å²) in [4.78, 5) is 19.8. The Bertz CT molecular complexity index is 881. The van der Waals surface area contributed by atoms with Crippen LogP contribution in [0.5, 0.6) is 0 Å². The van der Waals surface area contributed by atoms with E-state index in [-0.39, 0.29) is 5.91 Å². The number of hydrogen-bond acceptors (Lipinski definition) is 5. The summed E-state index contributed by atoms with van der Waals surface area (Å²) in [6.07, 6.45) is 2.78. The molecule has 1 amide bonds. The van der Waals surface area contributed by atoms with Crippen molar-refractivity contribution in [3.8, 4) is 0 Å². The van der Waals surface area contributed by atoms with Crippen LogP contribution in [0.1, 0.15) is 52.5 Å². The van der Waals surface area contributed by atoms with Gasteiger partial charge in [0.2, 0.25) is 0 Å². The highest BCUT2D eigenvalue weighted by Crippen LogP contribution is 2.33. The van der Waals surface area contributed by atoms with Crippen molar-refractivity contribution < 1.29 is 9.32 Å². The maximum atomic E-state index is 13.0. The van der Waals surface area contributed by atoms with Crippen molar-refractivity contribution in [3.63, 3.8) is 0 Å². The zero-order valence-electron chi connectivity index (χ0n) is 14.5. The Kier molecular flexibility index (Phi) is 4.29. The van der Waals surface area contributed by atoms with Crippen molar-refractivity contribution in [3.05, 3.63) is 46.3 Å². The average molecular weight is 355 g/mol. The fourth-order valence-corrected chi connectivity index (χ4v) is 4.61. The zero-order chi connectivity index (χ0) is 17.4. The van der Waals surface area contributed by atoms with Crippen LogP contribution >= 0.6 is 11.3 Å². The predicted octanol–water partition coefficient (Wildman–Crippen LogP) is 4.17. The molecule has 0 unspecified atom stereocenters. The summed E-state index contributed by atoms with van der Waals surface area (Å²) in [6.45, 7) is 5.31. The first-order chi connectivity index (χ1) is 12.2. The number of thiazole rings is 1. The number of para-hydroxylation sites is 1. The Morgan fingerprint density at radius 1 is 1.40 bits per heavy atom. The molecule has 4 rings (SSSR count). The lowest BCUT2D eigenvalue weighted by atomic mass is 9.97. The maximum Gasteiger partial charge on any atom is 0.259 e. The van der Waals surface area contributed by atoms with Gasteiger partial charge in [-0.1, -0.05) is 24.2 Å². The highest BCUT2D eigenvalue weighted by atomic mass is 32.1. The van der Waals surface area contributed by atoms with E-state index in [1.165, 1.54) is 4.70 Å². The van der Waals surface area contributed by atoms with Gasteiger partial charge in [-0.15, -0.1) is 11.3 Å². The molecule has 1 aliphatic rings. The van der Waals surface area contributed by atoms with Crippen molar-refractivity contribution in [2.24, 2.45) is 0 Å². The van der Waals surface area contributed by atoms with Crippen molar-refractivity contribution in [1.29, 1.82) is 0 Å². The molecule has 0 aliphatic carbocycles. The monoisotopic (exact) mass is 355 g/mol. The molecule has 3 heterocycles. The number of benzene rings is 1. The van der Waals surface area contributed by atoms with Crippen LogP contribution in [-0.4, -0.2) is 34.0 Å². The van der Waals surface area contributed by atoms with Crippen LogP contribution in [0.25, 0.3) is 10.2 Å². The number of nitrogens with zero attached hydrogens (tertiary/aromatic N) is 3. The van der Waals surface area contributed by atoms with Crippen molar-refractivity contribution in [2.45, 2.75) is 39.0 Å². The van der Waals surface area contributed by atoms with Crippen molar-refractivity contribution in [1.82, 2.24) is 15.0 Å². The van der Waals surface area contributed by atoms with E-state index in [0.717, 1.165) is 35.6 Å². The first kappa shape index (κ1) is 16.3. The SMILES string of the molecule is CCc1noc(C)c1C(=O)N1CCC[C@@H](c2nc3ccccc3s2)C1. The van der Waals surface area contributed by atoms with E-state index in [4.69, 9.17) is 9.51 Å². The number of aryl methyl sites for hydroxylation is 2. The lowest BCUT2D eigenvalue weighted by molar-refractivity contribution is 0.0704. The van der Waals surface area contributed by atoms with Gasteiger partial charge in [-0.3, -0.25) is 4.79 Å². The van der Waals surface area contributed by atoms with Gasteiger partial charge in [-0.2, -0.15) is 0 Å². The molecule has 1 fully saturated rings. The zero-order valence-corrected chi connectivity index (χ0v) is 15.3. The number of amides is 1. The Labute approximate surface area is 150 Å². The number of likely N-dealkylation sites (tertiary alicyclic amines) is 1. The van der Waals surface area contributed by atoms with Gasteiger partial charge in [-0.05, 0) is 38.3 Å². The standard InChI is InChI=1S/C19H21N3O2S/c1-3-14-17(12(2)24-21-14)19(23)22-10-6-7-13(11-22)18-20-15-8-4-5-9-16(15)25-18/h4-5,8-9,13H,3,6-7,10-11H2,1-2H3/t13-/m1/s1. The number of hydrogen-bond donors (Lipinski definition) is 0. The first-order valence-corrected chi connectivity index (χ1v) is 9.59. The Morgan fingerprint density at radius 3 is 3.04 bits per heavy atom. The normalized spacial score (nSPS) is 18.0. The van der Waals surface area contributed by atoms with E-state index in [0.29, 0.717) is 30.2 Å². The van der Waals surface area contributed by atoms with Crippen LogP contribution in [0.4, 0.5) is 0 Å². The second-order valence-corrected chi connectivity index (χ2v) is 7.59. The smallest absolute Gasteiger partial charge is 0.259 e. The number of fused-ring (bicyclic) bond motifs is 1. The van der Waals surface area contributed by atoms with Gasteiger partial charge in [-0.25, -0.2) is 4.98 Å². The number of aromatic nitrogens is 2. The van der Waals surface area contributed by atoms with Crippen LogP contribution in [0, 0.1) is 6.92 Å². The van der Waals surface area contributed by atoms with E-state index < -0.39 is 0 Å². The van der Waals surface area contributed by atoms with Gasteiger partial charge >= 0.3 is 0 Å². The van der Waals surface area contributed by atoms with Gasteiger partial charge in [0.1, 0.15) is 11.3 Å². The topological polar surface area (TPSA) is 59.2 Å². The van der Waals surface area contributed by atoms with E-state index in [1.807, 2.05) is 30.9 Å². The molecule has 1 atom stereocenters. The molecule has 1 aliphatic heterocycles. The Hall–Kier alpha value is -2.21. The quantitative estimate of drug-likeness (QED) is 0.707. The summed E-state index contributed by atoms with van der Waals surface area (Å²) in [5, 5.41) is 5.16. The maximum absolute atomic E-state index is 13.0. The Balaban J connectivity index is 1.58. The Morgan fingerprint density at radius 2 is 2.24 bits per heavy atom. The molecule has 0 radical (unpaired) electrons. The molecule has 5 nitrogen and oxygen atoms in total. The minimum Gasteiger partial charge on any atom is -0.361 e. The van der Waals surface area contributed by atoms with Crippen molar-refractivity contribution >= 4 is 27.5 Å². The molecule has 0 saturated carbocycles. The lowest BCUT2D eigenvalue weighted by Gasteiger charge is -2.31. The second-order valence-electron chi connectivity index (χ2n) is 6.52. The summed E-state index contributed by atoms with van der Waals surface area (Å²) >= 11 is 1.75. The largest absolute Gasteiger partial charge is 0.361 e. The highest BCUT2D eigenvalue weighted by Gasteiger charge is 2.30. The van der Waals surface area contributed by atoms with Gasteiger partial charge < -0.3 is 9.42 Å². The van der Waals surface area contributed by atoms with Crippen LogP contribution in [0.2, 0.25) is 0 Å². The molecule has 0 spiro atoms. The summed E-state index contributed by atoms with van der Waals surface area (Å²) in [5.41, 5.74) is 2.45. The van der Waals surface area contributed by atoms with Crippen LogP contribution < -0.4 is 0 Å². The minimum absolute atomic E-state index is 0.0430. The van der Waals surface area contributed by atoms with Gasteiger partial charge in [0.25, 0.3) is 5.91 Å². The minimum atomic E-state index is 0.0430. The van der Waals surface area contributed by atoms with Crippen LogP contribution in [0.15, 0.2) is 28.8 Å². The highest BCUT2D eigenvalue weighted by molar-refractivity contribution is 7.18. The summed E-state index contributed by atoms with van der Waals surface area (Å²) in [5.74, 6) is 0.964. The molecule has 1 aromatic carbocycles. The number of carbonyl (C=O) groups is 1. The molecule has 130 valence electrons. The number of piperidine rings is 1. The fraction of sp³-hybridized carbons (Fsp3) is 0.421. The summed E-state index contributed by atoms with van der Waals surface area (Å²) in [6, 6.07) is 8.22. The van der Waals surface area contributed by atoms with Crippen LogP contribution in [0.3, 0.4) is 0 Å². The molecule has 3 aromatic rings. The average Bonchev–Trinajstić information content (AvgIpc) is 3.24. The van der Waals surface area contributed by atoms with E-state index in [2.05, 4.69) is 17.3 Å². The summed E-state index contributed by atoms with van der Waals surface area (Å²) in [7, 11) is 0. The van der Waals surface area contributed by atoms with E-state index >= 15 is 0 Å². The third-order valence-corrected chi connectivity index (χ3v) is 6.05. The van der Waals surface area contributed by atoms with Crippen molar-refractivity contribution in [2.75, 3.05) is 13.1 Å². The molecule has 2 aromatic heterocycles. The molecule has 0 bridgehead atoms. The fourth-order valence-electron chi connectivity index (χ4n) is 3.52. The molecule has 25 heavy (non-hydrogen) atoms. The molecule has 6 heteroatoms.